The van der Waals surface area contributed by atoms with Crippen LogP contribution < -0.4 is 9.47 Å². The highest BCUT2D eigenvalue weighted by Crippen LogP contribution is 2.29. The summed E-state index contributed by atoms with van der Waals surface area (Å²) in [5.41, 5.74) is 1.63. The molecule has 5 aromatic carbocycles. The minimum Gasteiger partial charge on any atom is -0.493 e. The van der Waals surface area contributed by atoms with Gasteiger partial charge < -0.3 is 18.9 Å². The number of fused-ring (bicyclic) bond motifs is 3. The van der Waals surface area contributed by atoms with Gasteiger partial charge in [-0.1, -0.05) is 166 Å². The zero-order valence-corrected chi connectivity index (χ0v) is 36.2. The first-order valence-corrected chi connectivity index (χ1v) is 23.1. The molecule has 0 spiro atoms. The number of rotatable bonds is 30. The maximum Gasteiger partial charge on any atom is 0.317 e. The van der Waals surface area contributed by atoms with Gasteiger partial charge in [0.1, 0.15) is 31.1 Å². The zero-order valence-electron chi connectivity index (χ0n) is 36.2. The van der Waals surface area contributed by atoms with Gasteiger partial charge in [-0.25, -0.2) is 0 Å². The van der Waals surface area contributed by atoms with Gasteiger partial charge in [0.05, 0.1) is 13.2 Å². The molecule has 0 aliphatic carbocycles. The van der Waals surface area contributed by atoms with Crippen LogP contribution in [-0.2, 0) is 32.3 Å². The minimum atomic E-state index is -0.628. The van der Waals surface area contributed by atoms with Crippen molar-refractivity contribution >= 4 is 44.3 Å². The molecule has 59 heavy (non-hydrogen) atoms. The van der Waals surface area contributed by atoms with Crippen LogP contribution in [-0.4, -0.2) is 25.2 Å². The van der Waals surface area contributed by atoms with E-state index in [1.807, 2.05) is 36.4 Å². The van der Waals surface area contributed by atoms with Crippen LogP contribution in [0.25, 0.3) is 32.3 Å². The van der Waals surface area contributed by atoms with E-state index < -0.39 is 18.4 Å². The fraction of sp³-hybridized carbons (Fsp3) is 0.509. The lowest BCUT2D eigenvalue weighted by molar-refractivity contribution is -0.156. The normalized spacial score (nSPS) is 11.4. The predicted molar refractivity (Wildman–Crippen MR) is 244 cm³/mol. The van der Waals surface area contributed by atoms with Crippen LogP contribution >= 0.6 is 0 Å². The van der Waals surface area contributed by atoms with Crippen molar-refractivity contribution in [3.8, 4) is 11.5 Å². The molecule has 0 unspecified atom stereocenters. The lowest BCUT2D eigenvalue weighted by Crippen LogP contribution is -2.14. The maximum atomic E-state index is 12.8. The molecular formula is C53H70O6. The molecule has 0 saturated heterocycles. The highest BCUT2D eigenvalue weighted by atomic mass is 16.6. The van der Waals surface area contributed by atoms with Crippen LogP contribution in [0.15, 0.2) is 84.9 Å². The van der Waals surface area contributed by atoms with Gasteiger partial charge in [0.25, 0.3) is 0 Å². The number of carbonyl (C=O) groups excluding carboxylic acids is 2. The molecule has 318 valence electrons. The number of hydrogen-bond acceptors (Lipinski definition) is 6. The van der Waals surface area contributed by atoms with Gasteiger partial charge in [-0.05, 0) is 98.8 Å². The third-order valence-corrected chi connectivity index (χ3v) is 11.3. The Bertz CT molecular complexity index is 1960. The first-order valence-electron chi connectivity index (χ1n) is 23.1. The van der Waals surface area contributed by atoms with Crippen molar-refractivity contribution < 1.29 is 28.5 Å². The minimum absolute atomic E-state index is 0.0180. The second kappa shape index (κ2) is 26.5. The van der Waals surface area contributed by atoms with Crippen LogP contribution in [0.5, 0.6) is 11.5 Å². The zero-order chi connectivity index (χ0) is 41.3. The Morgan fingerprint density at radius 3 is 1.25 bits per heavy atom. The quantitative estimate of drug-likeness (QED) is 0.0199. The summed E-state index contributed by atoms with van der Waals surface area (Å²) in [6.07, 6.45) is 25.0. The van der Waals surface area contributed by atoms with Gasteiger partial charge in [0.2, 0.25) is 0 Å². The second-order valence-corrected chi connectivity index (χ2v) is 16.5. The van der Waals surface area contributed by atoms with Crippen LogP contribution in [0, 0.1) is 0 Å². The summed E-state index contributed by atoms with van der Waals surface area (Å²) in [6.45, 7) is 5.89. The molecule has 0 heterocycles. The Kier molecular flexibility index (Phi) is 20.4. The van der Waals surface area contributed by atoms with E-state index >= 15 is 0 Å². The Labute approximate surface area is 354 Å². The molecule has 0 fully saturated rings. The summed E-state index contributed by atoms with van der Waals surface area (Å²) >= 11 is 0. The molecule has 6 heteroatoms. The Balaban J connectivity index is 1.06. The molecule has 5 rings (SSSR count). The summed E-state index contributed by atoms with van der Waals surface area (Å²) < 4.78 is 23.4. The smallest absolute Gasteiger partial charge is 0.317 e. The standard InChI is InChI=1S/C53H70O6/c1-3-5-7-9-11-13-15-17-19-23-29-56-50-32-43(33-51(38-50)57-30-24-20-18-16-14-12-10-8-6-4-2)41-59-53(55)39-52(54)58-40-42-27-28-46-36-48-34-44-25-21-22-26-45(44)35-49(48)37-47(46)31-42/h21-22,25-28,31-38H,3-20,23-24,29-30,39-41H2,1-2H3. The highest BCUT2D eigenvalue weighted by molar-refractivity contribution is 6.04. The van der Waals surface area contributed by atoms with E-state index in [-0.39, 0.29) is 13.2 Å². The fourth-order valence-electron chi connectivity index (χ4n) is 7.82. The SMILES string of the molecule is CCCCCCCCCCCCOc1cc(COC(=O)CC(=O)OCc2ccc3cc4cc5ccccc5cc4cc3c2)cc(OCCCCCCCCCCCC)c1. The molecule has 0 saturated carbocycles. The molecule has 6 nitrogen and oxygen atoms in total. The van der Waals surface area contributed by atoms with Gasteiger partial charge in [0, 0.05) is 6.07 Å². The molecule has 0 aliphatic heterocycles. The molecule has 0 aromatic heterocycles. The third kappa shape index (κ3) is 16.9. The van der Waals surface area contributed by atoms with Crippen molar-refractivity contribution in [2.24, 2.45) is 0 Å². The number of hydrogen-bond donors (Lipinski definition) is 0. The average Bonchev–Trinajstić information content (AvgIpc) is 3.24. The summed E-state index contributed by atoms with van der Waals surface area (Å²) in [5.74, 6) is 0.179. The molecule has 0 aliphatic rings. The van der Waals surface area contributed by atoms with Crippen molar-refractivity contribution in [2.45, 2.75) is 162 Å². The lowest BCUT2D eigenvalue weighted by Gasteiger charge is -2.13. The lowest BCUT2D eigenvalue weighted by atomic mass is 9.99. The third-order valence-electron chi connectivity index (χ3n) is 11.3. The molecular weight excluding hydrogens is 733 g/mol. The molecule has 0 radical (unpaired) electrons. The van der Waals surface area contributed by atoms with E-state index in [1.54, 1.807) is 0 Å². The summed E-state index contributed by atoms with van der Waals surface area (Å²) in [6, 6.07) is 28.9. The Morgan fingerprint density at radius 2 is 0.780 bits per heavy atom. The second-order valence-electron chi connectivity index (χ2n) is 16.5. The Hall–Kier alpha value is -4.58. The first-order chi connectivity index (χ1) is 29.0. The van der Waals surface area contributed by atoms with Crippen LogP contribution in [0.4, 0.5) is 0 Å². The number of unbranched alkanes of at least 4 members (excludes halogenated alkanes) is 18. The molecule has 5 aromatic rings. The van der Waals surface area contributed by atoms with Gasteiger partial charge in [0.15, 0.2) is 0 Å². The summed E-state index contributed by atoms with van der Waals surface area (Å²) in [5, 5.41) is 6.95. The van der Waals surface area contributed by atoms with Crippen molar-refractivity contribution in [3.63, 3.8) is 0 Å². The van der Waals surface area contributed by atoms with Crippen molar-refractivity contribution in [2.75, 3.05) is 13.2 Å². The van der Waals surface area contributed by atoms with E-state index in [4.69, 9.17) is 18.9 Å². The maximum absolute atomic E-state index is 12.8. The number of carbonyl (C=O) groups is 2. The van der Waals surface area contributed by atoms with Crippen molar-refractivity contribution in [3.05, 3.63) is 96.1 Å². The van der Waals surface area contributed by atoms with Crippen LogP contribution in [0.2, 0.25) is 0 Å². The van der Waals surface area contributed by atoms with Gasteiger partial charge in [-0.3, -0.25) is 9.59 Å². The number of esters is 2. The van der Waals surface area contributed by atoms with E-state index in [2.05, 4.69) is 62.4 Å². The van der Waals surface area contributed by atoms with Crippen molar-refractivity contribution in [1.29, 1.82) is 0 Å². The highest BCUT2D eigenvalue weighted by Gasteiger charge is 2.14. The van der Waals surface area contributed by atoms with E-state index in [0.29, 0.717) is 24.7 Å². The van der Waals surface area contributed by atoms with Gasteiger partial charge >= 0.3 is 11.9 Å². The Morgan fingerprint density at radius 1 is 0.390 bits per heavy atom. The number of benzene rings is 5. The number of ether oxygens (including phenoxy) is 4. The molecule has 0 amide bonds. The van der Waals surface area contributed by atoms with Gasteiger partial charge in [-0.15, -0.1) is 0 Å². The monoisotopic (exact) mass is 803 g/mol. The molecule has 0 atom stereocenters. The van der Waals surface area contributed by atoms with Crippen molar-refractivity contribution in [1.82, 2.24) is 0 Å². The summed E-state index contributed by atoms with van der Waals surface area (Å²) in [4.78, 5) is 25.5. The fourth-order valence-corrected chi connectivity index (χ4v) is 7.82. The predicted octanol–water partition coefficient (Wildman–Crippen LogP) is 14.9. The first kappa shape index (κ1) is 45.5. The van der Waals surface area contributed by atoms with E-state index in [1.165, 1.54) is 119 Å². The average molecular weight is 803 g/mol. The van der Waals surface area contributed by atoms with E-state index in [0.717, 1.165) is 53.0 Å². The van der Waals surface area contributed by atoms with E-state index in [9.17, 15) is 9.59 Å². The van der Waals surface area contributed by atoms with Gasteiger partial charge in [-0.2, -0.15) is 0 Å². The topological polar surface area (TPSA) is 71.1 Å². The largest absolute Gasteiger partial charge is 0.493 e. The van der Waals surface area contributed by atoms with Crippen LogP contribution in [0.3, 0.4) is 0 Å². The van der Waals surface area contributed by atoms with Crippen LogP contribution in [0.1, 0.15) is 160 Å². The molecule has 0 bridgehead atoms. The molecule has 0 N–H and O–H groups in total. The summed E-state index contributed by atoms with van der Waals surface area (Å²) in [7, 11) is 0.